The summed E-state index contributed by atoms with van der Waals surface area (Å²) in [6.07, 6.45) is 0.0261. The number of ether oxygens (including phenoxy) is 1. The Morgan fingerprint density at radius 2 is 2.45 bits per heavy atom. The first-order valence-electron chi connectivity index (χ1n) is 3.35. The van der Waals surface area contributed by atoms with Gasteiger partial charge in [-0.15, -0.1) is 0 Å². The van der Waals surface area contributed by atoms with E-state index in [-0.39, 0.29) is 0 Å². The van der Waals surface area contributed by atoms with Crippen molar-refractivity contribution < 1.29 is 19.3 Å². The Morgan fingerprint density at radius 3 is 2.91 bits per heavy atom. The van der Waals surface area contributed by atoms with Gasteiger partial charge >= 0.3 is 5.97 Å². The molecule has 0 saturated carbocycles. The molecule has 1 atom stereocenters. The quantitative estimate of drug-likeness (QED) is 0.338. The van der Waals surface area contributed by atoms with Crippen LogP contribution < -0.4 is 0 Å². The second-order valence-corrected chi connectivity index (χ2v) is 2.32. The van der Waals surface area contributed by atoms with Crippen LogP contribution in [0.3, 0.4) is 0 Å². The third-order valence-corrected chi connectivity index (χ3v) is 1.20. The van der Waals surface area contributed by atoms with Gasteiger partial charge in [0.1, 0.15) is 0 Å². The molecule has 1 rings (SSSR count). The largest absolute Gasteiger partial charge is 0.429 e. The molecular formula is C7H10O4. The van der Waals surface area contributed by atoms with Crippen LogP contribution in [0.5, 0.6) is 0 Å². The van der Waals surface area contributed by atoms with Gasteiger partial charge in [-0.25, -0.2) is 9.68 Å². The van der Waals surface area contributed by atoms with Crippen LogP contribution in [0.15, 0.2) is 12.2 Å². The molecule has 0 aromatic rings. The van der Waals surface area contributed by atoms with Crippen LogP contribution in [0.2, 0.25) is 0 Å². The van der Waals surface area contributed by atoms with Crippen LogP contribution in [0.25, 0.3) is 0 Å². The molecule has 1 unspecified atom stereocenters. The van der Waals surface area contributed by atoms with Crippen molar-refractivity contribution in [3.05, 3.63) is 12.2 Å². The summed E-state index contributed by atoms with van der Waals surface area (Å²) in [6, 6.07) is 0. The van der Waals surface area contributed by atoms with E-state index in [9.17, 15) is 4.79 Å². The van der Waals surface area contributed by atoms with Crippen LogP contribution in [0.1, 0.15) is 13.3 Å². The molecule has 62 valence electrons. The molecule has 0 amide bonds. The van der Waals surface area contributed by atoms with E-state index < -0.39 is 12.3 Å². The lowest BCUT2D eigenvalue weighted by molar-refractivity contribution is -0.319. The third-order valence-electron chi connectivity index (χ3n) is 1.20. The third kappa shape index (κ3) is 2.32. The van der Waals surface area contributed by atoms with Gasteiger partial charge in [-0.05, 0) is 6.92 Å². The second-order valence-electron chi connectivity index (χ2n) is 2.32. The lowest BCUT2D eigenvalue weighted by Gasteiger charge is -2.07. The molecule has 0 bridgehead atoms. The number of hydrogen-bond acceptors (Lipinski definition) is 4. The highest BCUT2D eigenvalue weighted by molar-refractivity contribution is 5.86. The fraction of sp³-hybridized carbons (Fsp3) is 0.571. The van der Waals surface area contributed by atoms with Crippen LogP contribution in [-0.2, 0) is 19.3 Å². The minimum absolute atomic E-state index is 0.362. The Bertz CT molecular complexity index is 169. The summed E-state index contributed by atoms with van der Waals surface area (Å²) in [7, 11) is 0. The minimum atomic E-state index is -0.556. The maximum absolute atomic E-state index is 10.8. The maximum Gasteiger partial charge on any atom is 0.335 e. The van der Waals surface area contributed by atoms with Gasteiger partial charge in [0.2, 0.25) is 6.29 Å². The zero-order valence-corrected chi connectivity index (χ0v) is 6.33. The van der Waals surface area contributed by atoms with E-state index in [1.807, 2.05) is 0 Å². The summed E-state index contributed by atoms with van der Waals surface area (Å²) < 4.78 is 4.79. The van der Waals surface area contributed by atoms with Gasteiger partial charge < -0.3 is 4.74 Å². The normalized spacial score (nSPS) is 23.2. The molecule has 0 N–H and O–H groups in total. The topological polar surface area (TPSA) is 44.8 Å². The first kappa shape index (κ1) is 8.23. The SMILES string of the molecule is C=C(C)C(=O)OC1CCOO1. The highest BCUT2D eigenvalue weighted by Crippen LogP contribution is 2.11. The van der Waals surface area contributed by atoms with Crippen LogP contribution in [-0.4, -0.2) is 18.9 Å². The van der Waals surface area contributed by atoms with Gasteiger partial charge in [0, 0.05) is 12.0 Å². The number of hydrogen-bond donors (Lipinski definition) is 0. The van der Waals surface area contributed by atoms with Gasteiger partial charge in [0.15, 0.2) is 0 Å². The highest BCUT2D eigenvalue weighted by atomic mass is 17.2. The fourth-order valence-corrected chi connectivity index (χ4v) is 0.615. The van der Waals surface area contributed by atoms with Crippen molar-refractivity contribution in [2.45, 2.75) is 19.6 Å². The van der Waals surface area contributed by atoms with Gasteiger partial charge in [-0.1, -0.05) is 6.58 Å². The second kappa shape index (κ2) is 3.50. The minimum Gasteiger partial charge on any atom is -0.429 e. The van der Waals surface area contributed by atoms with Crippen LogP contribution >= 0.6 is 0 Å². The van der Waals surface area contributed by atoms with Crippen molar-refractivity contribution in [3.63, 3.8) is 0 Å². The molecule has 4 heteroatoms. The molecule has 0 aromatic carbocycles. The van der Waals surface area contributed by atoms with Crippen molar-refractivity contribution in [1.82, 2.24) is 0 Å². The van der Waals surface area contributed by atoms with Gasteiger partial charge in [-0.3, -0.25) is 0 Å². The Morgan fingerprint density at radius 1 is 1.73 bits per heavy atom. The zero-order valence-electron chi connectivity index (χ0n) is 6.33. The monoisotopic (exact) mass is 158 g/mol. The predicted octanol–water partition coefficient (Wildman–Crippen LogP) is 0.784. The van der Waals surface area contributed by atoms with E-state index >= 15 is 0 Å². The number of rotatable bonds is 2. The summed E-state index contributed by atoms with van der Waals surface area (Å²) in [5.41, 5.74) is 0.362. The van der Waals surface area contributed by atoms with E-state index in [0.29, 0.717) is 18.6 Å². The lowest BCUT2D eigenvalue weighted by Crippen LogP contribution is -2.16. The average Bonchev–Trinajstić information content (AvgIpc) is 2.39. The molecule has 1 aliphatic rings. The Balaban J connectivity index is 2.29. The van der Waals surface area contributed by atoms with Crippen molar-refractivity contribution in [2.75, 3.05) is 6.61 Å². The van der Waals surface area contributed by atoms with Gasteiger partial charge in [-0.2, -0.15) is 4.89 Å². The number of carbonyl (C=O) groups is 1. The zero-order chi connectivity index (χ0) is 8.27. The predicted molar refractivity (Wildman–Crippen MR) is 36.3 cm³/mol. The van der Waals surface area contributed by atoms with Crippen molar-refractivity contribution in [2.24, 2.45) is 0 Å². The molecule has 4 nitrogen and oxygen atoms in total. The molecule has 1 heterocycles. The molecular weight excluding hydrogens is 148 g/mol. The van der Waals surface area contributed by atoms with Gasteiger partial charge in [0.25, 0.3) is 0 Å². The van der Waals surface area contributed by atoms with E-state index in [2.05, 4.69) is 16.4 Å². The Kier molecular flexibility index (Phi) is 2.62. The van der Waals surface area contributed by atoms with E-state index in [1.54, 1.807) is 6.92 Å². The average molecular weight is 158 g/mol. The first-order chi connectivity index (χ1) is 5.20. The first-order valence-corrected chi connectivity index (χ1v) is 3.35. The van der Waals surface area contributed by atoms with E-state index in [1.165, 1.54) is 0 Å². The molecule has 0 aliphatic carbocycles. The standard InChI is InChI=1S/C7H10O4/c1-5(2)7(8)10-6-3-4-9-11-6/h6H,1,3-4H2,2H3. The summed E-state index contributed by atoms with van der Waals surface area (Å²) in [6.45, 7) is 5.47. The smallest absolute Gasteiger partial charge is 0.335 e. The fourth-order valence-electron chi connectivity index (χ4n) is 0.615. The Hall–Kier alpha value is -0.870. The molecule has 0 spiro atoms. The van der Waals surface area contributed by atoms with Crippen molar-refractivity contribution in [3.8, 4) is 0 Å². The molecule has 11 heavy (non-hydrogen) atoms. The number of carbonyl (C=O) groups excluding carboxylic acids is 1. The highest BCUT2D eigenvalue weighted by Gasteiger charge is 2.21. The van der Waals surface area contributed by atoms with Gasteiger partial charge in [0.05, 0.1) is 6.61 Å². The molecule has 0 radical (unpaired) electrons. The summed E-state index contributed by atoms with van der Waals surface area (Å²) in [5, 5.41) is 0. The van der Waals surface area contributed by atoms with E-state index in [4.69, 9.17) is 4.74 Å². The molecule has 0 aromatic heterocycles. The van der Waals surface area contributed by atoms with Crippen molar-refractivity contribution >= 4 is 5.97 Å². The number of esters is 1. The van der Waals surface area contributed by atoms with E-state index in [0.717, 1.165) is 0 Å². The molecule has 1 saturated heterocycles. The molecule has 1 fully saturated rings. The summed E-state index contributed by atoms with van der Waals surface area (Å²) in [5.74, 6) is -0.444. The Labute approximate surface area is 64.7 Å². The lowest BCUT2D eigenvalue weighted by atomic mass is 10.3. The van der Waals surface area contributed by atoms with Crippen molar-refractivity contribution in [1.29, 1.82) is 0 Å². The molecule has 1 aliphatic heterocycles. The maximum atomic E-state index is 10.8. The van der Waals surface area contributed by atoms with Crippen LogP contribution in [0, 0.1) is 0 Å². The summed E-state index contributed by atoms with van der Waals surface area (Å²) >= 11 is 0. The van der Waals surface area contributed by atoms with Crippen LogP contribution in [0.4, 0.5) is 0 Å². The summed E-state index contributed by atoms with van der Waals surface area (Å²) in [4.78, 5) is 20.0.